The van der Waals surface area contributed by atoms with Gasteiger partial charge in [-0.3, -0.25) is 4.79 Å². The highest BCUT2D eigenvalue weighted by Crippen LogP contribution is 2.27. The van der Waals surface area contributed by atoms with E-state index in [0.29, 0.717) is 37.4 Å². The van der Waals surface area contributed by atoms with Crippen molar-refractivity contribution in [2.24, 2.45) is 5.73 Å². The Bertz CT molecular complexity index is 759. The number of halogens is 3. The van der Waals surface area contributed by atoms with Gasteiger partial charge in [-0.25, -0.2) is 0 Å². The standard InChI is InChI=1S/C19H20F2N2O3.ClH/c20-19(21)26-16-3-1-2-15(10-16)17-12-23(8-9-25-17)18(24)14-6-4-13(11-22)5-7-14;/h1-7,10,17,19H,8-9,11-12,22H2;1H. The van der Waals surface area contributed by atoms with Crippen molar-refractivity contribution in [2.45, 2.75) is 19.3 Å². The predicted octanol–water partition coefficient (Wildman–Crippen LogP) is 3.38. The lowest BCUT2D eigenvalue weighted by Crippen LogP contribution is -2.42. The normalized spacial score (nSPS) is 16.7. The summed E-state index contributed by atoms with van der Waals surface area (Å²) in [6.45, 7) is -1.27. The van der Waals surface area contributed by atoms with Crippen molar-refractivity contribution in [2.75, 3.05) is 19.7 Å². The lowest BCUT2D eigenvalue weighted by molar-refractivity contribution is -0.0504. The van der Waals surface area contributed by atoms with E-state index in [1.807, 2.05) is 12.1 Å². The van der Waals surface area contributed by atoms with Crippen molar-refractivity contribution in [3.63, 3.8) is 0 Å². The molecule has 3 rings (SSSR count). The van der Waals surface area contributed by atoms with Gasteiger partial charge in [-0.1, -0.05) is 24.3 Å². The van der Waals surface area contributed by atoms with Crippen LogP contribution in [0.2, 0.25) is 0 Å². The quantitative estimate of drug-likeness (QED) is 0.838. The second-order valence-corrected chi connectivity index (χ2v) is 5.96. The summed E-state index contributed by atoms with van der Waals surface area (Å²) in [4.78, 5) is 14.4. The Morgan fingerprint density at radius 2 is 2.00 bits per heavy atom. The van der Waals surface area contributed by atoms with Gasteiger partial charge in [-0.15, -0.1) is 12.4 Å². The minimum atomic E-state index is -2.88. The maximum Gasteiger partial charge on any atom is 0.387 e. The first-order valence-electron chi connectivity index (χ1n) is 8.31. The van der Waals surface area contributed by atoms with Crippen LogP contribution in [0.4, 0.5) is 8.78 Å². The van der Waals surface area contributed by atoms with E-state index in [4.69, 9.17) is 10.5 Å². The molecule has 0 bridgehead atoms. The van der Waals surface area contributed by atoms with Crippen LogP contribution in [0, 0.1) is 0 Å². The highest BCUT2D eigenvalue weighted by atomic mass is 35.5. The molecule has 0 saturated carbocycles. The van der Waals surface area contributed by atoms with Gasteiger partial charge in [0.15, 0.2) is 0 Å². The highest BCUT2D eigenvalue weighted by molar-refractivity contribution is 5.94. The second-order valence-electron chi connectivity index (χ2n) is 5.96. The molecule has 2 aromatic rings. The lowest BCUT2D eigenvalue weighted by Gasteiger charge is -2.33. The monoisotopic (exact) mass is 398 g/mol. The summed E-state index contributed by atoms with van der Waals surface area (Å²) in [7, 11) is 0. The number of benzene rings is 2. The van der Waals surface area contributed by atoms with Gasteiger partial charge in [-0.2, -0.15) is 8.78 Å². The summed E-state index contributed by atoms with van der Waals surface area (Å²) in [5.74, 6) is -0.0243. The van der Waals surface area contributed by atoms with Crippen LogP contribution in [0.25, 0.3) is 0 Å². The van der Waals surface area contributed by atoms with Crippen LogP contribution < -0.4 is 10.5 Å². The van der Waals surface area contributed by atoms with Gasteiger partial charge < -0.3 is 20.1 Å². The number of amides is 1. The predicted molar refractivity (Wildman–Crippen MR) is 99.3 cm³/mol. The van der Waals surface area contributed by atoms with Gasteiger partial charge in [0.25, 0.3) is 5.91 Å². The van der Waals surface area contributed by atoms with Gasteiger partial charge in [0.2, 0.25) is 0 Å². The van der Waals surface area contributed by atoms with E-state index in [2.05, 4.69) is 4.74 Å². The van der Waals surface area contributed by atoms with Gasteiger partial charge in [-0.05, 0) is 35.4 Å². The molecule has 0 aliphatic carbocycles. The SMILES string of the molecule is Cl.NCc1ccc(C(=O)N2CCOC(c3cccc(OC(F)F)c3)C2)cc1. The summed E-state index contributed by atoms with van der Waals surface area (Å²) in [6, 6.07) is 13.5. The molecular weight excluding hydrogens is 378 g/mol. The van der Waals surface area contributed by atoms with Crippen molar-refractivity contribution < 1.29 is 23.0 Å². The fourth-order valence-corrected chi connectivity index (χ4v) is 2.89. The van der Waals surface area contributed by atoms with Crippen LogP contribution in [0.5, 0.6) is 5.75 Å². The van der Waals surface area contributed by atoms with Crippen LogP contribution in [0.1, 0.15) is 27.6 Å². The number of alkyl halides is 2. The average molecular weight is 399 g/mol. The molecule has 1 atom stereocenters. The summed E-state index contributed by atoms with van der Waals surface area (Å²) in [5.41, 5.74) is 7.81. The molecule has 1 fully saturated rings. The third-order valence-corrected chi connectivity index (χ3v) is 4.25. The van der Waals surface area contributed by atoms with E-state index >= 15 is 0 Å². The third kappa shape index (κ3) is 5.38. The molecule has 1 unspecified atom stereocenters. The third-order valence-electron chi connectivity index (χ3n) is 4.25. The molecule has 0 aromatic heterocycles. The van der Waals surface area contributed by atoms with E-state index in [-0.39, 0.29) is 24.1 Å². The maximum atomic E-state index is 12.7. The number of hydrogen-bond donors (Lipinski definition) is 1. The molecule has 0 radical (unpaired) electrons. The molecule has 2 N–H and O–H groups in total. The molecule has 146 valence electrons. The van der Waals surface area contributed by atoms with E-state index in [1.165, 1.54) is 12.1 Å². The number of ether oxygens (including phenoxy) is 2. The van der Waals surface area contributed by atoms with Gasteiger partial charge in [0.05, 0.1) is 13.2 Å². The van der Waals surface area contributed by atoms with Crippen molar-refractivity contribution in [1.29, 1.82) is 0 Å². The molecule has 1 saturated heterocycles. The number of carbonyl (C=O) groups excluding carboxylic acids is 1. The molecule has 1 aliphatic rings. The van der Waals surface area contributed by atoms with Crippen molar-refractivity contribution in [1.82, 2.24) is 4.90 Å². The highest BCUT2D eigenvalue weighted by Gasteiger charge is 2.26. The van der Waals surface area contributed by atoms with Crippen molar-refractivity contribution >= 4 is 18.3 Å². The Hall–Kier alpha value is -2.22. The Labute approximate surface area is 162 Å². The summed E-state index contributed by atoms with van der Waals surface area (Å²) >= 11 is 0. The smallest absolute Gasteiger partial charge is 0.387 e. The largest absolute Gasteiger partial charge is 0.435 e. The first-order valence-corrected chi connectivity index (χ1v) is 8.31. The van der Waals surface area contributed by atoms with Crippen molar-refractivity contribution in [3.8, 4) is 5.75 Å². The first kappa shape index (κ1) is 21.1. The van der Waals surface area contributed by atoms with Crippen LogP contribution in [-0.2, 0) is 11.3 Å². The number of carbonyl (C=O) groups is 1. The Kier molecular flexibility index (Phi) is 7.53. The van der Waals surface area contributed by atoms with Gasteiger partial charge >= 0.3 is 6.61 Å². The number of nitrogens with two attached hydrogens (primary N) is 1. The molecular formula is C19H21ClF2N2O3. The van der Waals surface area contributed by atoms with Gasteiger partial charge in [0, 0.05) is 18.7 Å². The maximum absolute atomic E-state index is 12.7. The summed E-state index contributed by atoms with van der Waals surface area (Å²) in [5, 5.41) is 0. The molecule has 27 heavy (non-hydrogen) atoms. The molecule has 0 spiro atoms. The molecule has 5 nitrogen and oxygen atoms in total. The fraction of sp³-hybridized carbons (Fsp3) is 0.316. The van der Waals surface area contributed by atoms with Crippen LogP contribution in [-0.4, -0.2) is 37.1 Å². The second kappa shape index (κ2) is 9.64. The molecule has 1 heterocycles. The Balaban J connectivity index is 0.00000261. The molecule has 1 aliphatic heterocycles. The number of morpholine rings is 1. The molecule has 1 amide bonds. The molecule has 8 heteroatoms. The van der Waals surface area contributed by atoms with Crippen LogP contribution >= 0.6 is 12.4 Å². The van der Waals surface area contributed by atoms with E-state index in [1.54, 1.807) is 29.2 Å². The number of hydrogen-bond acceptors (Lipinski definition) is 4. The summed E-state index contributed by atoms with van der Waals surface area (Å²) in [6.07, 6.45) is -0.391. The minimum Gasteiger partial charge on any atom is -0.435 e. The zero-order chi connectivity index (χ0) is 18.5. The topological polar surface area (TPSA) is 64.8 Å². The summed E-state index contributed by atoms with van der Waals surface area (Å²) < 4.78 is 34.9. The average Bonchev–Trinajstić information content (AvgIpc) is 2.67. The molecule has 2 aromatic carbocycles. The van der Waals surface area contributed by atoms with E-state index < -0.39 is 12.7 Å². The first-order chi connectivity index (χ1) is 12.6. The lowest BCUT2D eigenvalue weighted by atomic mass is 10.1. The van der Waals surface area contributed by atoms with Gasteiger partial charge in [0.1, 0.15) is 11.9 Å². The fourth-order valence-electron chi connectivity index (χ4n) is 2.89. The number of nitrogens with zero attached hydrogens (tertiary/aromatic N) is 1. The van der Waals surface area contributed by atoms with Crippen molar-refractivity contribution in [3.05, 3.63) is 65.2 Å². The zero-order valence-electron chi connectivity index (χ0n) is 14.5. The zero-order valence-corrected chi connectivity index (χ0v) is 15.3. The Morgan fingerprint density at radius 1 is 1.26 bits per heavy atom. The Morgan fingerprint density at radius 3 is 2.67 bits per heavy atom. The van der Waals surface area contributed by atoms with E-state index in [9.17, 15) is 13.6 Å². The van der Waals surface area contributed by atoms with E-state index in [0.717, 1.165) is 5.56 Å². The van der Waals surface area contributed by atoms with Crippen LogP contribution in [0.15, 0.2) is 48.5 Å². The number of rotatable bonds is 5. The van der Waals surface area contributed by atoms with Crippen LogP contribution in [0.3, 0.4) is 0 Å². The minimum absolute atomic E-state index is 0.